The number of nitrogens with one attached hydrogen (secondary N) is 1. The van der Waals surface area contributed by atoms with E-state index in [1.807, 2.05) is 0 Å². The Morgan fingerprint density at radius 1 is 1.03 bits per heavy atom. The predicted octanol–water partition coefficient (Wildman–Crippen LogP) is 2.57. The molecule has 4 aliphatic rings. The van der Waals surface area contributed by atoms with Gasteiger partial charge >= 0.3 is 0 Å². The van der Waals surface area contributed by atoms with E-state index in [2.05, 4.69) is 10.2 Å². The van der Waals surface area contributed by atoms with E-state index in [0.717, 1.165) is 43.0 Å². The van der Waals surface area contributed by atoms with Crippen molar-refractivity contribution in [2.75, 3.05) is 19.6 Å². The molecule has 1 N–H and O–H groups in total. The molecule has 0 spiro atoms. The van der Waals surface area contributed by atoms with Gasteiger partial charge in [-0.1, -0.05) is 6.42 Å². The quantitative estimate of drug-likeness (QED) is 0.771. The van der Waals surface area contributed by atoms with Crippen molar-refractivity contribution in [2.45, 2.75) is 63.5 Å². The molecule has 3 fully saturated rings. The van der Waals surface area contributed by atoms with Crippen molar-refractivity contribution in [1.82, 2.24) is 15.1 Å². The zero-order valence-corrected chi connectivity index (χ0v) is 17.2. The van der Waals surface area contributed by atoms with Crippen molar-refractivity contribution in [2.24, 2.45) is 5.92 Å². The maximum absolute atomic E-state index is 14.4. The molecule has 1 aromatic rings. The van der Waals surface area contributed by atoms with Crippen LogP contribution < -0.4 is 5.32 Å². The van der Waals surface area contributed by atoms with E-state index < -0.39 is 11.9 Å². The van der Waals surface area contributed by atoms with Crippen LogP contribution in [0.1, 0.15) is 72.3 Å². The van der Waals surface area contributed by atoms with Gasteiger partial charge in [0, 0.05) is 25.1 Å². The topological polar surface area (TPSA) is 69.7 Å². The first-order valence-electron chi connectivity index (χ1n) is 11.2. The first-order valence-corrected chi connectivity index (χ1v) is 11.2. The highest BCUT2D eigenvalue weighted by molar-refractivity contribution is 6.05. The van der Waals surface area contributed by atoms with Crippen LogP contribution in [-0.4, -0.2) is 53.2 Å². The van der Waals surface area contributed by atoms with E-state index in [1.54, 1.807) is 6.07 Å². The molecule has 0 aromatic heterocycles. The number of amides is 3. The second kappa shape index (κ2) is 7.76. The van der Waals surface area contributed by atoms with Gasteiger partial charge in [0.1, 0.15) is 11.9 Å². The molecule has 160 valence electrons. The van der Waals surface area contributed by atoms with E-state index in [1.165, 1.54) is 36.8 Å². The molecule has 1 saturated carbocycles. The summed E-state index contributed by atoms with van der Waals surface area (Å²) < 4.78 is 14.4. The highest BCUT2D eigenvalue weighted by atomic mass is 19.1. The van der Waals surface area contributed by atoms with Crippen LogP contribution in [-0.2, 0) is 16.1 Å². The molecule has 6 nitrogen and oxygen atoms in total. The minimum absolute atomic E-state index is 0.219. The fourth-order valence-corrected chi connectivity index (χ4v) is 5.48. The standard InChI is InChI=1S/C23H28FN3O3/c24-16-10-17(15-6-8-26(9-7-15)12-14-2-1-3-14)19-13-27(23(30)18(19)11-16)20-4-5-21(28)25-22(20)29/h10-11,14-15,20H,1-9,12-13H2,(H,25,28,29). The van der Waals surface area contributed by atoms with Gasteiger partial charge in [-0.05, 0) is 80.3 Å². The molecule has 1 aromatic carbocycles. The molecule has 1 atom stereocenters. The Hall–Kier alpha value is -2.28. The third-order valence-electron chi connectivity index (χ3n) is 7.42. The maximum Gasteiger partial charge on any atom is 0.255 e. The first kappa shape index (κ1) is 19.7. The lowest BCUT2D eigenvalue weighted by Crippen LogP contribution is -2.52. The van der Waals surface area contributed by atoms with Gasteiger partial charge in [-0.3, -0.25) is 19.7 Å². The van der Waals surface area contributed by atoms with Crippen LogP contribution in [0.2, 0.25) is 0 Å². The van der Waals surface area contributed by atoms with Crippen molar-refractivity contribution in [1.29, 1.82) is 0 Å². The van der Waals surface area contributed by atoms with Crippen molar-refractivity contribution in [3.8, 4) is 0 Å². The van der Waals surface area contributed by atoms with Gasteiger partial charge in [-0.2, -0.15) is 0 Å². The zero-order valence-electron chi connectivity index (χ0n) is 17.2. The van der Waals surface area contributed by atoms with Crippen LogP contribution in [0.5, 0.6) is 0 Å². The molecule has 3 heterocycles. The summed E-state index contributed by atoms with van der Waals surface area (Å²) in [6, 6.07) is 2.23. The summed E-state index contributed by atoms with van der Waals surface area (Å²) in [7, 11) is 0. The molecule has 1 unspecified atom stereocenters. The lowest BCUT2D eigenvalue weighted by atomic mass is 9.82. The van der Waals surface area contributed by atoms with Crippen LogP contribution in [0.15, 0.2) is 12.1 Å². The smallest absolute Gasteiger partial charge is 0.255 e. The van der Waals surface area contributed by atoms with Gasteiger partial charge in [-0.25, -0.2) is 4.39 Å². The molecule has 0 bridgehead atoms. The van der Waals surface area contributed by atoms with Crippen molar-refractivity contribution in [3.05, 3.63) is 34.6 Å². The molecule has 3 amide bonds. The molecule has 1 aliphatic carbocycles. The second-order valence-corrected chi connectivity index (χ2v) is 9.29. The largest absolute Gasteiger partial charge is 0.322 e. The van der Waals surface area contributed by atoms with Crippen LogP contribution >= 0.6 is 0 Å². The van der Waals surface area contributed by atoms with E-state index >= 15 is 0 Å². The zero-order chi connectivity index (χ0) is 20.8. The Kier molecular flexibility index (Phi) is 5.09. The average Bonchev–Trinajstić information content (AvgIpc) is 3.01. The van der Waals surface area contributed by atoms with E-state index in [-0.39, 0.29) is 30.0 Å². The molecular weight excluding hydrogens is 385 g/mol. The average molecular weight is 413 g/mol. The van der Waals surface area contributed by atoms with Gasteiger partial charge in [0.15, 0.2) is 0 Å². The number of piperidine rings is 2. The number of hydrogen-bond donors (Lipinski definition) is 1. The highest BCUT2D eigenvalue weighted by Crippen LogP contribution is 2.38. The van der Waals surface area contributed by atoms with E-state index in [4.69, 9.17) is 0 Å². The second-order valence-electron chi connectivity index (χ2n) is 9.29. The summed E-state index contributed by atoms with van der Waals surface area (Å²) in [5.74, 6) is -0.345. The number of benzene rings is 1. The minimum Gasteiger partial charge on any atom is -0.322 e. The Morgan fingerprint density at radius 3 is 2.47 bits per heavy atom. The Labute approximate surface area is 175 Å². The summed E-state index contributed by atoms with van der Waals surface area (Å²) in [5.41, 5.74) is 2.17. The molecule has 2 saturated heterocycles. The fraction of sp³-hybridized carbons (Fsp3) is 0.609. The van der Waals surface area contributed by atoms with Crippen molar-refractivity contribution in [3.63, 3.8) is 0 Å². The number of rotatable bonds is 4. The van der Waals surface area contributed by atoms with Gasteiger partial charge in [0.25, 0.3) is 5.91 Å². The van der Waals surface area contributed by atoms with Gasteiger partial charge in [0.2, 0.25) is 11.8 Å². The predicted molar refractivity (Wildman–Crippen MR) is 108 cm³/mol. The minimum atomic E-state index is -0.664. The number of hydrogen-bond acceptors (Lipinski definition) is 4. The molecule has 30 heavy (non-hydrogen) atoms. The lowest BCUT2D eigenvalue weighted by molar-refractivity contribution is -0.136. The Morgan fingerprint density at radius 2 is 1.80 bits per heavy atom. The third kappa shape index (κ3) is 3.53. The molecular formula is C23H28FN3O3. The third-order valence-corrected chi connectivity index (χ3v) is 7.42. The fourth-order valence-electron chi connectivity index (χ4n) is 5.48. The molecule has 7 heteroatoms. The number of imide groups is 1. The number of fused-ring (bicyclic) bond motifs is 1. The number of carbonyl (C=O) groups excluding carboxylic acids is 3. The molecule has 5 rings (SSSR count). The van der Waals surface area contributed by atoms with Crippen molar-refractivity contribution < 1.29 is 18.8 Å². The molecule has 3 aliphatic heterocycles. The number of likely N-dealkylation sites (tertiary alicyclic amines) is 1. The van der Waals surface area contributed by atoms with Gasteiger partial charge in [-0.15, -0.1) is 0 Å². The SMILES string of the molecule is O=C1CCC(N2Cc3c(cc(F)cc3C3CCN(CC4CCC4)CC3)C2=O)C(=O)N1. The Bertz CT molecular complexity index is 890. The summed E-state index contributed by atoms with van der Waals surface area (Å²) in [5, 5.41) is 2.32. The summed E-state index contributed by atoms with van der Waals surface area (Å²) >= 11 is 0. The monoisotopic (exact) mass is 413 g/mol. The van der Waals surface area contributed by atoms with Crippen LogP contribution in [0.3, 0.4) is 0 Å². The van der Waals surface area contributed by atoms with Gasteiger partial charge in [0.05, 0.1) is 0 Å². The van der Waals surface area contributed by atoms with Crippen LogP contribution in [0.4, 0.5) is 4.39 Å². The van der Waals surface area contributed by atoms with E-state index in [9.17, 15) is 18.8 Å². The normalized spacial score (nSPS) is 26.0. The number of nitrogens with zero attached hydrogens (tertiary/aromatic N) is 2. The first-order chi connectivity index (χ1) is 14.5. The maximum atomic E-state index is 14.4. The number of carbonyl (C=O) groups is 3. The Balaban J connectivity index is 1.33. The summed E-state index contributed by atoms with van der Waals surface area (Å²) in [6.45, 7) is 3.52. The van der Waals surface area contributed by atoms with Crippen LogP contribution in [0, 0.1) is 11.7 Å². The van der Waals surface area contributed by atoms with Gasteiger partial charge < -0.3 is 9.80 Å². The van der Waals surface area contributed by atoms with Crippen molar-refractivity contribution >= 4 is 17.7 Å². The van der Waals surface area contributed by atoms with E-state index in [0.29, 0.717) is 18.5 Å². The summed E-state index contributed by atoms with van der Waals surface area (Å²) in [4.78, 5) is 40.8. The summed E-state index contributed by atoms with van der Waals surface area (Å²) in [6.07, 6.45) is 6.52. The lowest BCUT2D eigenvalue weighted by Gasteiger charge is -2.37. The number of halogens is 1. The highest BCUT2D eigenvalue weighted by Gasteiger charge is 2.41. The molecule has 0 radical (unpaired) electrons. The van der Waals surface area contributed by atoms with Crippen LogP contribution in [0.25, 0.3) is 0 Å².